The van der Waals surface area contributed by atoms with Crippen LogP contribution >= 0.6 is 0 Å². The Morgan fingerprint density at radius 1 is 1.33 bits per heavy atom. The first kappa shape index (κ1) is 16.0. The number of amides is 1. The van der Waals surface area contributed by atoms with E-state index in [-0.39, 0.29) is 23.5 Å². The topological polar surface area (TPSA) is 74.7 Å². The Morgan fingerprint density at radius 3 is 2.57 bits per heavy atom. The SMILES string of the molecule is CS(=O)(=O)c1ccc(C(=O)N2CCCC2CCCO)cc1. The van der Waals surface area contributed by atoms with Gasteiger partial charge in [-0.15, -0.1) is 0 Å². The highest BCUT2D eigenvalue weighted by atomic mass is 32.2. The summed E-state index contributed by atoms with van der Waals surface area (Å²) in [5, 5.41) is 8.91. The van der Waals surface area contributed by atoms with Gasteiger partial charge in [-0.25, -0.2) is 8.42 Å². The van der Waals surface area contributed by atoms with E-state index in [0.717, 1.165) is 32.1 Å². The number of nitrogens with zero attached hydrogens (tertiary/aromatic N) is 1. The van der Waals surface area contributed by atoms with E-state index in [4.69, 9.17) is 5.11 Å². The van der Waals surface area contributed by atoms with Crippen molar-refractivity contribution in [2.75, 3.05) is 19.4 Å². The molecule has 0 spiro atoms. The zero-order valence-corrected chi connectivity index (χ0v) is 13.0. The second-order valence-corrected chi connectivity index (χ2v) is 7.47. The van der Waals surface area contributed by atoms with E-state index in [9.17, 15) is 13.2 Å². The zero-order valence-electron chi connectivity index (χ0n) is 12.2. The minimum atomic E-state index is -3.24. The molecular formula is C15H21NO4S. The summed E-state index contributed by atoms with van der Waals surface area (Å²) in [6, 6.07) is 6.27. The number of carbonyl (C=O) groups is 1. The molecule has 5 nitrogen and oxygen atoms in total. The van der Waals surface area contributed by atoms with Crippen LogP contribution in [0.4, 0.5) is 0 Å². The van der Waals surface area contributed by atoms with Gasteiger partial charge in [-0.05, 0) is 49.9 Å². The zero-order chi connectivity index (χ0) is 15.5. The number of aliphatic hydroxyl groups excluding tert-OH is 1. The van der Waals surface area contributed by atoms with Crippen molar-refractivity contribution in [3.8, 4) is 0 Å². The summed E-state index contributed by atoms with van der Waals surface area (Å²) in [5.41, 5.74) is 0.512. The van der Waals surface area contributed by atoms with Crippen molar-refractivity contribution in [2.24, 2.45) is 0 Å². The van der Waals surface area contributed by atoms with Crippen LogP contribution in [0.2, 0.25) is 0 Å². The lowest BCUT2D eigenvalue weighted by Crippen LogP contribution is -2.35. The first-order valence-corrected chi connectivity index (χ1v) is 9.04. The van der Waals surface area contributed by atoms with Crippen LogP contribution in [-0.4, -0.2) is 49.8 Å². The highest BCUT2D eigenvalue weighted by Gasteiger charge is 2.28. The van der Waals surface area contributed by atoms with Crippen LogP contribution in [0.3, 0.4) is 0 Å². The van der Waals surface area contributed by atoms with Gasteiger partial charge in [0, 0.05) is 31.0 Å². The van der Waals surface area contributed by atoms with Gasteiger partial charge in [0.2, 0.25) is 0 Å². The van der Waals surface area contributed by atoms with Crippen molar-refractivity contribution in [3.63, 3.8) is 0 Å². The fourth-order valence-corrected chi connectivity index (χ4v) is 3.37. The third kappa shape index (κ3) is 3.83. The van der Waals surface area contributed by atoms with Crippen LogP contribution in [0.15, 0.2) is 29.2 Å². The van der Waals surface area contributed by atoms with Crippen molar-refractivity contribution in [1.29, 1.82) is 0 Å². The van der Waals surface area contributed by atoms with Gasteiger partial charge in [-0.2, -0.15) is 0 Å². The first-order valence-electron chi connectivity index (χ1n) is 7.15. The van der Waals surface area contributed by atoms with Crippen molar-refractivity contribution in [1.82, 2.24) is 4.90 Å². The molecule has 1 unspecified atom stereocenters. The van der Waals surface area contributed by atoms with Gasteiger partial charge in [0.25, 0.3) is 5.91 Å². The van der Waals surface area contributed by atoms with Crippen LogP contribution < -0.4 is 0 Å². The number of likely N-dealkylation sites (tertiary alicyclic amines) is 1. The molecule has 1 fully saturated rings. The molecule has 2 rings (SSSR count). The molecule has 0 radical (unpaired) electrons. The Kier molecular flexibility index (Phi) is 5.00. The Hall–Kier alpha value is -1.40. The van der Waals surface area contributed by atoms with E-state index in [1.165, 1.54) is 12.1 Å². The maximum Gasteiger partial charge on any atom is 0.254 e. The van der Waals surface area contributed by atoms with Crippen molar-refractivity contribution >= 4 is 15.7 Å². The minimum absolute atomic E-state index is 0.0597. The van der Waals surface area contributed by atoms with Crippen LogP contribution in [0, 0.1) is 0 Å². The van der Waals surface area contributed by atoms with Gasteiger partial charge in [-0.1, -0.05) is 0 Å². The number of hydrogen-bond acceptors (Lipinski definition) is 4. The average molecular weight is 311 g/mol. The van der Waals surface area contributed by atoms with Crippen LogP contribution in [0.5, 0.6) is 0 Å². The highest BCUT2D eigenvalue weighted by Crippen LogP contribution is 2.24. The van der Waals surface area contributed by atoms with Crippen molar-refractivity contribution in [2.45, 2.75) is 36.6 Å². The smallest absolute Gasteiger partial charge is 0.254 e. The molecule has 0 bridgehead atoms. The summed E-state index contributed by atoms with van der Waals surface area (Å²) >= 11 is 0. The number of benzene rings is 1. The molecule has 1 aromatic rings. The summed E-state index contributed by atoms with van der Waals surface area (Å²) in [4.78, 5) is 14.6. The van der Waals surface area contributed by atoms with E-state index in [1.807, 2.05) is 4.90 Å². The molecule has 1 aliphatic heterocycles. The summed E-state index contributed by atoms with van der Waals surface area (Å²) in [5.74, 6) is -0.0597. The molecule has 1 aliphatic rings. The summed E-state index contributed by atoms with van der Waals surface area (Å²) in [7, 11) is -3.24. The highest BCUT2D eigenvalue weighted by molar-refractivity contribution is 7.90. The molecule has 21 heavy (non-hydrogen) atoms. The third-order valence-corrected chi connectivity index (χ3v) is 4.99. The summed E-state index contributed by atoms with van der Waals surface area (Å²) in [6.45, 7) is 0.865. The van der Waals surface area contributed by atoms with E-state index < -0.39 is 9.84 Å². The first-order chi connectivity index (χ1) is 9.93. The minimum Gasteiger partial charge on any atom is -0.396 e. The molecule has 0 aromatic heterocycles. The number of carbonyl (C=O) groups excluding carboxylic acids is 1. The largest absolute Gasteiger partial charge is 0.396 e. The molecule has 1 saturated heterocycles. The molecule has 1 heterocycles. The molecule has 1 aromatic carbocycles. The second kappa shape index (κ2) is 6.58. The third-order valence-electron chi connectivity index (χ3n) is 3.86. The molecule has 1 amide bonds. The fourth-order valence-electron chi connectivity index (χ4n) is 2.74. The van der Waals surface area contributed by atoms with Gasteiger partial charge in [0.15, 0.2) is 9.84 Å². The lowest BCUT2D eigenvalue weighted by molar-refractivity contribution is 0.0724. The predicted octanol–water partition coefficient (Wildman–Crippen LogP) is 1.47. The van der Waals surface area contributed by atoms with E-state index in [2.05, 4.69) is 0 Å². The normalized spacial score (nSPS) is 19.0. The maximum atomic E-state index is 12.5. The molecule has 1 atom stereocenters. The molecule has 1 N–H and O–H groups in total. The van der Waals surface area contributed by atoms with E-state index in [1.54, 1.807) is 12.1 Å². The molecule has 116 valence electrons. The second-order valence-electron chi connectivity index (χ2n) is 5.46. The number of aliphatic hydroxyl groups is 1. The van der Waals surface area contributed by atoms with Gasteiger partial charge in [0.05, 0.1) is 4.90 Å². The standard InChI is InChI=1S/C15H21NO4S/c1-21(19,20)14-8-6-12(7-9-14)15(18)16-10-2-4-13(16)5-3-11-17/h6-9,13,17H,2-5,10-11H2,1H3. The van der Waals surface area contributed by atoms with Gasteiger partial charge < -0.3 is 10.0 Å². The fraction of sp³-hybridized carbons (Fsp3) is 0.533. The van der Waals surface area contributed by atoms with Crippen LogP contribution in [-0.2, 0) is 9.84 Å². The van der Waals surface area contributed by atoms with E-state index >= 15 is 0 Å². The monoisotopic (exact) mass is 311 g/mol. The lowest BCUT2D eigenvalue weighted by atomic mass is 10.1. The van der Waals surface area contributed by atoms with Gasteiger partial charge in [-0.3, -0.25) is 4.79 Å². The Bertz CT molecular complexity index is 595. The van der Waals surface area contributed by atoms with Gasteiger partial charge >= 0.3 is 0 Å². The molecule has 6 heteroatoms. The maximum absolute atomic E-state index is 12.5. The quantitative estimate of drug-likeness (QED) is 0.893. The molecule has 0 saturated carbocycles. The van der Waals surface area contributed by atoms with E-state index in [0.29, 0.717) is 12.0 Å². The number of rotatable bonds is 5. The Balaban J connectivity index is 2.12. The Morgan fingerprint density at radius 2 is 2.00 bits per heavy atom. The Labute approximate surface area is 125 Å². The summed E-state index contributed by atoms with van der Waals surface area (Å²) in [6.07, 6.45) is 4.59. The van der Waals surface area contributed by atoms with Gasteiger partial charge in [0.1, 0.15) is 0 Å². The molecular weight excluding hydrogens is 290 g/mol. The van der Waals surface area contributed by atoms with Crippen LogP contribution in [0.25, 0.3) is 0 Å². The van der Waals surface area contributed by atoms with Crippen molar-refractivity contribution < 1.29 is 18.3 Å². The number of sulfone groups is 1. The van der Waals surface area contributed by atoms with Crippen LogP contribution in [0.1, 0.15) is 36.0 Å². The molecule has 0 aliphatic carbocycles. The van der Waals surface area contributed by atoms with Crippen molar-refractivity contribution in [3.05, 3.63) is 29.8 Å². The predicted molar refractivity (Wildman–Crippen MR) is 79.9 cm³/mol. The summed E-state index contributed by atoms with van der Waals surface area (Å²) < 4.78 is 22.8. The average Bonchev–Trinajstić information content (AvgIpc) is 2.92. The number of hydrogen-bond donors (Lipinski definition) is 1. The lowest BCUT2D eigenvalue weighted by Gasteiger charge is -2.24.